The lowest BCUT2D eigenvalue weighted by Gasteiger charge is -2.12. The molecule has 2 heterocycles. The summed E-state index contributed by atoms with van der Waals surface area (Å²) in [6.07, 6.45) is -0.743. The minimum absolute atomic E-state index is 0.0702. The largest absolute Gasteiger partial charge is 0.484 e. The maximum Gasteiger partial charge on any atom is 0.415 e. The number of amides is 2. The second-order valence-corrected chi connectivity index (χ2v) is 6.86. The van der Waals surface area contributed by atoms with Crippen LogP contribution in [0, 0.1) is 13.8 Å². The van der Waals surface area contributed by atoms with Crippen molar-refractivity contribution in [3.05, 3.63) is 46.8 Å². The fourth-order valence-electron chi connectivity index (χ4n) is 2.61. The molecular formula is C18H20N2O4S. The van der Waals surface area contributed by atoms with Crippen molar-refractivity contribution in [3.63, 3.8) is 0 Å². The molecule has 0 radical (unpaired) electrons. The zero-order valence-electron chi connectivity index (χ0n) is 14.2. The van der Waals surface area contributed by atoms with Gasteiger partial charge in [0.15, 0.2) is 6.61 Å². The zero-order chi connectivity index (χ0) is 17.8. The fraction of sp³-hybridized carbons (Fsp3) is 0.333. The molecule has 25 heavy (non-hydrogen) atoms. The van der Waals surface area contributed by atoms with Crippen molar-refractivity contribution >= 4 is 28.3 Å². The number of anilines is 1. The minimum atomic E-state index is -0.381. The van der Waals surface area contributed by atoms with Crippen molar-refractivity contribution < 1.29 is 19.1 Å². The van der Waals surface area contributed by atoms with Crippen LogP contribution in [0.2, 0.25) is 0 Å². The number of ether oxygens (including phenoxy) is 2. The van der Waals surface area contributed by atoms with Gasteiger partial charge in [-0.2, -0.15) is 0 Å². The molecule has 7 heteroatoms. The average molecular weight is 360 g/mol. The van der Waals surface area contributed by atoms with Crippen molar-refractivity contribution in [1.29, 1.82) is 0 Å². The predicted molar refractivity (Wildman–Crippen MR) is 96.4 cm³/mol. The third-order valence-electron chi connectivity index (χ3n) is 3.86. The molecule has 1 aromatic heterocycles. The topological polar surface area (TPSA) is 67.9 Å². The van der Waals surface area contributed by atoms with E-state index in [1.54, 1.807) is 4.90 Å². The third kappa shape index (κ3) is 4.30. The normalized spacial score (nSPS) is 16.6. The van der Waals surface area contributed by atoms with Gasteiger partial charge in [-0.15, -0.1) is 11.3 Å². The van der Waals surface area contributed by atoms with E-state index in [2.05, 4.69) is 5.32 Å². The first-order valence-electron chi connectivity index (χ1n) is 8.01. The molecule has 0 spiro atoms. The number of nitrogens with zero attached hydrogens (tertiary/aromatic N) is 1. The summed E-state index contributed by atoms with van der Waals surface area (Å²) < 4.78 is 10.8. The monoisotopic (exact) mass is 360 g/mol. The standard InChI is InChI=1S/C18H20N2O4S/c1-12-5-6-15(13(2)8-12)23-11-16(21)19-9-14-10-20(18(22)24-14)17-4-3-7-25-17/h3-8,14H,9-11H2,1-2H3,(H,19,21). The van der Waals surface area contributed by atoms with Crippen LogP contribution >= 0.6 is 11.3 Å². The highest BCUT2D eigenvalue weighted by atomic mass is 32.1. The number of carbonyl (C=O) groups is 2. The molecule has 0 saturated carbocycles. The summed E-state index contributed by atoms with van der Waals surface area (Å²) >= 11 is 1.48. The molecule has 1 atom stereocenters. The molecule has 1 saturated heterocycles. The van der Waals surface area contributed by atoms with Gasteiger partial charge in [0.1, 0.15) is 16.9 Å². The second kappa shape index (κ2) is 7.57. The summed E-state index contributed by atoms with van der Waals surface area (Å²) in [6.45, 7) is 4.57. The molecular weight excluding hydrogens is 340 g/mol. The van der Waals surface area contributed by atoms with Crippen molar-refractivity contribution in [2.75, 3.05) is 24.6 Å². The maximum absolute atomic E-state index is 12.0. The Morgan fingerprint density at radius 1 is 1.40 bits per heavy atom. The molecule has 6 nitrogen and oxygen atoms in total. The first-order chi connectivity index (χ1) is 12.0. The highest BCUT2D eigenvalue weighted by molar-refractivity contribution is 7.14. The van der Waals surface area contributed by atoms with Gasteiger partial charge in [0, 0.05) is 0 Å². The Labute approximate surface area is 150 Å². The number of benzene rings is 1. The predicted octanol–water partition coefficient (Wildman–Crippen LogP) is 2.89. The number of hydrogen-bond donors (Lipinski definition) is 1. The van der Waals surface area contributed by atoms with Crippen molar-refractivity contribution in [1.82, 2.24) is 5.32 Å². The Kier molecular flexibility index (Phi) is 5.23. The Bertz CT molecular complexity index is 760. The van der Waals surface area contributed by atoms with Crippen LogP contribution in [0.1, 0.15) is 11.1 Å². The van der Waals surface area contributed by atoms with Crippen LogP contribution in [0.4, 0.5) is 9.80 Å². The van der Waals surface area contributed by atoms with E-state index in [0.29, 0.717) is 12.3 Å². The van der Waals surface area contributed by atoms with Crippen molar-refractivity contribution in [3.8, 4) is 5.75 Å². The van der Waals surface area contributed by atoms with Gasteiger partial charge < -0.3 is 14.8 Å². The van der Waals surface area contributed by atoms with Crippen LogP contribution in [0.5, 0.6) is 5.75 Å². The number of thiophene rings is 1. The van der Waals surface area contributed by atoms with Gasteiger partial charge in [-0.1, -0.05) is 17.7 Å². The Balaban J connectivity index is 1.44. The minimum Gasteiger partial charge on any atom is -0.484 e. The number of rotatable bonds is 6. The van der Waals surface area contributed by atoms with Gasteiger partial charge >= 0.3 is 6.09 Å². The van der Waals surface area contributed by atoms with E-state index in [4.69, 9.17) is 9.47 Å². The molecule has 2 amide bonds. The molecule has 1 aliphatic heterocycles. The van der Waals surface area contributed by atoms with Crippen molar-refractivity contribution in [2.24, 2.45) is 0 Å². The number of cyclic esters (lactones) is 1. The van der Waals surface area contributed by atoms with E-state index >= 15 is 0 Å². The van der Waals surface area contributed by atoms with E-state index in [0.717, 1.165) is 16.1 Å². The van der Waals surface area contributed by atoms with E-state index < -0.39 is 0 Å². The van der Waals surface area contributed by atoms with Crippen LogP contribution in [0.3, 0.4) is 0 Å². The lowest BCUT2D eigenvalue weighted by atomic mass is 10.1. The number of aryl methyl sites for hydroxylation is 2. The lowest BCUT2D eigenvalue weighted by molar-refractivity contribution is -0.123. The van der Waals surface area contributed by atoms with Crippen LogP contribution in [-0.2, 0) is 9.53 Å². The molecule has 1 fully saturated rings. The summed E-state index contributed by atoms with van der Waals surface area (Å²) in [5.41, 5.74) is 2.14. The Hall–Kier alpha value is -2.54. The van der Waals surface area contributed by atoms with Crippen LogP contribution in [0.15, 0.2) is 35.7 Å². The second-order valence-electron chi connectivity index (χ2n) is 5.93. The maximum atomic E-state index is 12.0. The number of nitrogens with one attached hydrogen (secondary N) is 1. The van der Waals surface area contributed by atoms with Crippen LogP contribution in [-0.4, -0.2) is 37.8 Å². The summed E-state index contributed by atoms with van der Waals surface area (Å²) in [4.78, 5) is 25.4. The molecule has 1 unspecified atom stereocenters. The fourth-order valence-corrected chi connectivity index (χ4v) is 3.34. The van der Waals surface area contributed by atoms with E-state index in [-0.39, 0.29) is 31.3 Å². The summed E-state index contributed by atoms with van der Waals surface area (Å²) in [5, 5.41) is 5.50. The van der Waals surface area contributed by atoms with E-state index in [1.165, 1.54) is 11.3 Å². The zero-order valence-corrected chi connectivity index (χ0v) is 15.0. The molecule has 0 aliphatic carbocycles. The molecule has 1 aliphatic rings. The molecule has 132 valence electrons. The summed E-state index contributed by atoms with van der Waals surface area (Å²) in [7, 11) is 0. The molecule has 0 bridgehead atoms. The van der Waals surface area contributed by atoms with Crippen LogP contribution < -0.4 is 15.0 Å². The van der Waals surface area contributed by atoms with Gasteiger partial charge in [0.2, 0.25) is 0 Å². The number of carbonyl (C=O) groups excluding carboxylic acids is 2. The summed E-state index contributed by atoms with van der Waals surface area (Å²) in [5.74, 6) is 0.447. The van der Waals surface area contributed by atoms with E-state index in [1.807, 2.05) is 49.6 Å². The lowest BCUT2D eigenvalue weighted by Crippen LogP contribution is -2.37. The Morgan fingerprint density at radius 2 is 2.24 bits per heavy atom. The highest BCUT2D eigenvalue weighted by Gasteiger charge is 2.32. The highest BCUT2D eigenvalue weighted by Crippen LogP contribution is 2.26. The molecule has 3 rings (SSSR count). The Morgan fingerprint density at radius 3 is 2.96 bits per heavy atom. The smallest absolute Gasteiger partial charge is 0.415 e. The molecule has 2 aromatic rings. The van der Waals surface area contributed by atoms with Crippen molar-refractivity contribution in [2.45, 2.75) is 20.0 Å². The molecule has 1 aromatic carbocycles. The SMILES string of the molecule is Cc1ccc(OCC(=O)NCC2CN(c3cccs3)C(=O)O2)c(C)c1. The van der Waals surface area contributed by atoms with Crippen LogP contribution in [0.25, 0.3) is 0 Å². The summed E-state index contributed by atoms with van der Waals surface area (Å²) in [6, 6.07) is 9.55. The van der Waals surface area contributed by atoms with Gasteiger partial charge in [0.25, 0.3) is 5.91 Å². The number of hydrogen-bond acceptors (Lipinski definition) is 5. The average Bonchev–Trinajstić information content (AvgIpc) is 3.21. The van der Waals surface area contributed by atoms with Gasteiger partial charge in [-0.05, 0) is 43.0 Å². The first kappa shape index (κ1) is 17.3. The van der Waals surface area contributed by atoms with Gasteiger partial charge in [0.05, 0.1) is 13.1 Å². The molecule has 1 N–H and O–H groups in total. The first-order valence-corrected chi connectivity index (χ1v) is 8.89. The van der Waals surface area contributed by atoms with E-state index in [9.17, 15) is 9.59 Å². The third-order valence-corrected chi connectivity index (χ3v) is 4.75. The quantitative estimate of drug-likeness (QED) is 0.860. The van der Waals surface area contributed by atoms with Gasteiger partial charge in [-0.25, -0.2) is 4.79 Å². The van der Waals surface area contributed by atoms with Gasteiger partial charge in [-0.3, -0.25) is 9.69 Å².